The zero-order chi connectivity index (χ0) is 26.9. The number of halogens is 3. The summed E-state index contributed by atoms with van der Waals surface area (Å²) in [5.74, 6) is 0.552. The molecule has 38 heavy (non-hydrogen) atoms. The Kier molecular flexibility index (Phi) is 7.26. The third-order valence-corrected chi connectivity index (χ3v) is 6.84. The first kappa shape index (κ1) is 26.0. The summed E-state index contributed by atoms with van der Waals surface area (Å²) >= 11 is 0. The predicted octanol–water partition coefficient (Wildman–Crippen LogP) is 4.27. The minimum absolute atomic E-state index is 0.0299. The van der Waals surface area contributed by atoms with Crippen molar-refractivity contribution < 1.29 is 28.1 Å². The number of hydrogen-bond donors (Lipinski definition) is 3. The van der Waals surface area contributed by atoms with Crippen molar-refractivity contribution in [1.82, 2.24) is 24.5 Å². The lowest BCUT2D eigenvalue weighted by atomic mass is 9.93. The van der Waals surface area contributed by atoms with E-state index in [1.165, 1.54) is 12.1 Å². The summed E-state index contributed by atoms with van der Waals surface area (Å²) < 4.78 is 49.5. The molecule has 1 fully saturated rings. The summed E-state index contributed by atoms with van der Waals surface area (Å²) in [6, 6.07) is 7.27. The molecule has 1 aromatic carbocycles. The molecule has 0 radical (unpaired) electrons. The molecule has 0 spiro atoms. The van der Waals surface area contributed by atoms with Crippen molar-refractivity contribution >= 4 is 16.7 Å². The van der Waals surface area contributed by atoms with Crippen molar-refractivity contribution in [2.45, 2.75) is 56.7 Å². The molecule has 3 heterocycles. The Hall–Kier alpha value is -3.64. The molecule has 4 aromatic rings. The van der Waals surface area contributed by atoms with Crippen LogP contribution in [0.1, 0.15) is 37.3 Å². The molecule has 1 saturated carbocycles. The molecule has 0 saturated heterocycles. The maximum absolute atomic E-state index is 13.4. The number of nitrogens with zero attached hydrogens (tertiary/aromatic N) is 5. The lowest BCUT2D eigenvalue weighted by Crippen LogP contribution is -2.27. The van der Waals surface area contributed by atoms with Crippen LogP contribution < -0.4 is 10.1 Å². The van der Waals surface area contributed by atoms with Gasteiger partial charge in [-0.25, -0.2) is 4.98 Å². The van der Waals surface area contributed by atoms with Gasteiger partial charge in [0.2, 0.25) is 0 Å². The molecule has 9 nitrogen and oxygen atoms in total. The van der Waals surface area contributed by atoms with E-state index in [1.807, 2.05) is 10.7 Å². The summed E-state index contributed by atoms with van der Waals surface area (Å²) in [5, 5.41) is 32.0. The van der Waals surface area contributed by atoms with Gasteiger partial charge >= 0.3 is 6.18 Å². The lowest BCUT2D eigenvalue weighted by molar-refractivity contribution is -0.139. The molecule has 3 aromatic heterocycles. The van der Waals surface area contributed by atoms with Gasteiger partial charge in [0.25, 0.3) is 0 Å². The number of nitrogens with one attached hydrogen (secondary N) is 1. The molecule has 1 atom stereocenters. The second-order valence-corrected chi connectivity index (χ2v) is 9.46. The van der Waals surface area contributed by atoms with Crippen molar-refractivity contribution in [2.75, 3.05) is 19.0 Å². The molecule has 0 aliphatic heterocycles. The van der Waals surface area contributed by atoms with Gasteiger partial charge < -0.3 is 20.3 Å². The van der Waals surface area contributed by atoms with Gasteiger partial charge in [-0.15, -0.1) is 0 Å². The first-order valence-electron chi connectivity index (χ1n) is 12.5. The third-order valence-electron chi connectivity index (χ3n) is 6.84. The summed E-state index contributed by atoms with van der Waals surface area (Å²) in [7, 11) is 1.79. The van der Waals surface area contributed by atoms with Gasteiger partial charge in [-0.1, -0.05) is 12.1 Å². The van der Waals surface area contributed by atoms with Crippen LogP contribution in [0.3, 0.4) is 0 Å². The van der Waals surface area contributed by atoms with E-state index in [0.29, 0.717) is 37.2 Å². The average molecular weight is 531 g/mol. The van der Waals surface area contributed by atoms with Crippen LogP contribution in [0.2, 0.25) is 0 Å². The summed E-state index contributed by atoms with van der Waals surface area (Å²) in [6.07, 6.45) is 2.03. The topological polar surface area (TPSA) is 110 Å². The molecular formula is C26H29F3N6O3. The fourth-order valence-corrected chi connectivity index (χ4v) is 4.91. The Balaban J connectivity index is 1.38. The fourth-order valence-electron chi connectivity index (χ4n) is 4.91. The Morgan fingerprint density at radius 1 is 1.16 bits per heavy atom. The predicted molar refractivity (Wildman–Crippen MR) is 135 cm³/mol. The number of anilines is 1. The van der Waals surface area contributed by atoms with Gasteiger partial charge in [0, 0.05) is 36.5 Å². The van der Waals surface area contributed by atoms with E-state index in [1.54, 1.807) is 36.4 Å². The first-order chi connectivity index (χ1) is 18.3. The normalized spacial score (nSPS) is 19.0. The highest BCUT2D eigenvalue weighted by atomic mass is 19.4. The number of fused-ring (bicyclic) bond motifs is 1. The highest BCUT2D eigenvalue weighted by Crippen LogP contribution is 2.39. The molecule has 1 aliphatic carbocycles. The van der Waals surface area contributed by atoms with Crippen LogP contribution in [0.5, 0.6) is 5.75 Å². The molecule has 12 heteroatoms. The van der Waals surface area contributed by atoms with Crippen LogP contribution in [-0.4, -0.2) is 60.6 Å². The van der Waals surface area contributed by atoms with Crippen molar-refractivity contribution in [3.63, 3.8) is 0 Å². The number of aliphatic hydroxyl groups is 2. The van der Waals surface area contributed by atoms with Crippen LogP contribution in [0.25, 0.3) is 22.2 Å². The Bertz CT molecular complexity index is 1390. The highest BCUT2D eigenvalue weighted by molar-refractivity contribution is 5.93. The molecule has 0 bridgehead atoms. The fraction of sp³-hybridized carbons (Fsp3) is 0.423. The van der Waals surface area contributed by atoms with E-state index >= 15 is 0 Å². The molecule has 0 amide bonds. The number of aliphatic hydroxyl groups excluding tert-OH is 2. The number of benzene rings is 1. The van der Waals surface area contributed by atoms with Crippen molar-refractivity contribution in [2.24, 2.45) is 0 Å². The number of pyridine rings is 1. The van der Waals surface area contributed by atoms with Gasteiger partial charge in [-0.3, -0.25) is 9.36 Å². The van der Waals surface area contributed by atoms with Gasteiger partial charge in [0.05, 0.1) is 48.7 Å². The molecule has 1 aliphatic rings. The zero-order valence-corrected chi connectivity index (χ0v) is 20.8. The molecular weight excluding hydrogens is 501 g/mol. The molecule has 3 N–H and O–H groups in total. The Labute approximate surface area is 216 Å². The molecule has 5 rings (SSSR count). The number of para-hydroxylation sites is 1. The average Bonchev–Trinajstić information content (AvgIpc) is 3.53. The minimum atomic E-state index is -4.47. The summed E-state index contributed by atoms with van der Waals surface area (Å²) in [5.41, 5.74) is 1.56. The molecule has 0 unspecified atom stereocenters. The molecule has 202 valence electrons. The maximum atomic E-state index is 13.4. The Morgan fingerprint density at radius 3 is 2.63 bits per heavy atom. The van der Waals surface area contributed by atoms with E-state index < -0.39 is 17.8 Å². The number of ether oxygens (including phenoxy) is 1. The lowest BCUT2D eigenvalue weighted by Gasteiger charge is -2.30. The monoisotopic (exact) mass is 530 g/mol. The smallest absolute Gasteiger partial charge is 0.419 e. The van der Waals surface area contributed by atoms with Crippen molar-refractivity contribution in [3.8, 4) is 17.0 Å². The second-order valence-electron chi connectivity index (χ2n) is 9.46. The van der Waals surface area contributed by atoms with Crippen LogP contribution in [0.4, 0.5) is 19.0 Å². The number of alkyl halides is 3. The van der Waals surface area contributed by atoms with Crippen LogP contribution in [0, 0.1) is 0 Å². The second kappa shape index (κ2) is 10.6. The van der Waals surface area contributed by atoms with Crippen molar-refractivity contribution in [3.05, 3.63) is 54.5 Å². The van der Waals surface area contributed by atoms with Crippen molar-refractivity contribution in [1.29, 1.82) is 0 Å². The van der Waals surface area contributed by atoms with E-state index in [4.69, 9.17) is 14.9 Å². The van der Waals surface area contributed by atoms with Gasteiger partial charge in [-0.2, -0.15) is 23.4 Å². The van der Waals surface area contributed by atoms with Crippen LogP contribution in [-0.2, 0) is 12.7 Å². The standard InChI is InChI=1S/C26H29F3N6O3/c1-30-24-10-22-20(12-31-24)25(16-11-32-34(13-16)14-18(37)15-36)33-35(22)17-6-8-19(9-7-17)38-23-5-3-2-4-21(23)26(27,28)29/h2-5,10-13,17-19,36-37H,6-9,14-15H2,1H3,(H,30,31)/t17?,18-,19?/m1/s1. The van der Waals surface area contributed by atoms with Gasteiger partial charge in [0.1, 0.15) is 17.3 Å². The van der Waals surface area contributed by atoms with Gasteiger partial charge in [0.15, 0.2) is 0 Å². The van der Waals surface area contributed by atoms with E-state index in [9.17, 15) is 18.3 Å². The SMILES string of the molecule is CNc1cc2c(cn1)c(-c1cnn(C[C@@H](O)CO)c1)nn2C1CCC(Oc2ccccc2C(F)(F)F)CC1. The minimum Gasteiger partial charge on any atom is -0.490 e. The van der Waals surface area contributed by atoms with E-state index in [-0.39, 0.29) is 31.0 Å². The Morgan fingerprint density at radius 2 is 1.92 bits per heavy atom. The van der Waals surface area contributed by atoms with Crippen LogP contribution in [0.15, 0.2) is 48.9 Å². The van der Waals surface area contributed by atoms with E-state index in [2.05, 4.69) is 15.4 Å². The maximum Gasteiger partial charge on any atom is 0.419 e. The summed E-state index contributed by atoms with van der Waals surface area (Å²) in [4.78, 5) is 4.45. The van der Waals surface area contributed by atoms with Crippen LogP contribution >= 0.6 is 0 Å². The van der Waals surface area contributed by atoms with E-state index in [0.717, 1.165) is 22.5 Å². The zero-order valence-electron chi connectivity index (χ0n) is 20.8. The number of hydrogen-bond acceptors (Lipinski definition) is 7. The largest absolute Gasteiger partial charge is 0.490 e. The number of aromatic nitrogens is 5. The number of rotatable bonds is 8. The first-order valence-corrected chi connectivity index (χ1v) is 12.5. The van der Waals surface area contributed by atoms with Gasteiger partial charge in [-0.05, 0) is 37.8 Å². The highest BCUT2D eigenvalue weighted by Gasteiger charge is 2.35. The third kappa shape index (κ3) is 5.32. The summed E-state index contributed by atoms with van der Waals surface area (Å²) in [6.45, 7) is -0.212. The quantitative estimate of drug-likeness (QED) is 0.312.